The van der Waals surface area contributed by atoms with Crippen LogP contribution in [0.3, 0.4) is 0 Å². The molecule has 1 N–H and O–H groups in total. The predicted molar refractivity (Wildman–Crippen MR) is 95.0 cm³/mol. The Kier molecular flexibility index (Phi) is 3.83. The van der Waals surface area contributed by atoms with E-state index in [9.17, 15) is 4.39 Å². The van der Waals surface area contributed by atoms with Crippen molar-refractivity contribution >= 4 is 22.5 Å². The first-order chi connectivity index (χ1) is 11.9. The number of hydrogen-bond donors (Lipinski definition) is 1. The second kappa shape index (κ2) is 6.28. The van der Waals surface area contributed by atoms with Crippen LogP contribution in [0.4, 0.5) is 10.1 Å². The van der Waals surface area contributed by atoms with E-state index in [4.69, 9.17) is 0 Å². The summed E-state index contributed by atoms with van der Waals surface area (Å²) in [5, 5.41) is 3.21. The van der Waals surface area contributed by atoms with Crippen LogP contribution in [-0.4, -0.2) is 27.6 Å². The molecular weight excluding hydrogens is 303 g/mol. The Labute approximate surface area is 139 Å². The van der Waals surface area contributed by atoms with E-state index in [1.54, 1.807) is 6.20 Å². The van der Waals surface area contributed by atoms with Crippen LogP contribution in [0.25, 0.3) is 28.1 Å². The lowest BCUT2D eigenvalue weighted by atomic mass is 10.1. The number of para-hydroxylation sites is 2. The quantitative estimate of drug-likeness (QED) is 0.557. The number of anilines is 1. The van der Waals surface area contributed by atoms with E-state index in [-0.39, 0.29) is 6.67 Å². The summed E-state index contributed by atoms with van der Waals surface area (Å²) in [7, 11) is 0. The normalized spacial score (nSPS) is 11.2. The average molecular weight is 320 g/mol. The number of benzene rings is 2. The predicted octanol–water partition coefficient (Wildman–Crippen LogP) is 4.32. The Morgan fingerprint density at radius 2 is 1.83 bits per heavy atom. The maximum absolute atomic E-state index is 12.2. The SMILES string of the molecule is FCCCNc1ccc(-c2ccnc3nc4ccccc4n23)cc1. The fourth-order valence-corrected chi connectivity index (χ4v) is 2.87. The van der Waals surface area contributed by atoms with Gasteiger partial charge in [0.05, 0.1) is 23.4 Å². The van der Waals surface area contributed by atoms with Gasteiger partial charge in [0.2, 0.25) is 5.78 Å². The Balaban J connectivity index is 1.76. The molecule has 4 nitrogen and oxygen atoms in total. The highest BCUT2D eigenvalue weighted by Crippen LogP contribution is 2.25. The molecule has 0 aliphatic heterocycles. The first-order valence-electron chi connectivity index (χ1n) is 7.99. The summed E-state index contributed by atoms with van der Waals surface area (Å²) in [4.78, 5) is 8.95. The molecule has 2 aromatic heterocycles. The molecule has 2 heterocycles. The number of nitrogens with zero attached hydrogens (tertiary/aromatic N) is 3. The third-order valence-corrected chi connectivity index (χ3v) is 4.03. The number of nitrogens with one attached hydrogen (secondary N) is 1. The van der Waals surface area contributed by atoms with Crippen LogP contribution >= 0.6 is 0 Å². The molecule has 5 heteroatoms. The molecule has 0 atom stereocenters. The molecule has 24 heavy (non-hydrogen) atoms. The molecule has 0 aliphatic carbocycles. The smallest absolute Gasteiger partial charge is 0.235 e. The summed E-state index contributed by atoms with van der Waals surface area (Å²) >= 11 is 0. The number of aromatic nitrogens is 3. The van der Waals surface area contributed by atoms with Crippen LogP contribution in [0.5, 0.6) is 0 Å². The lowest BCUT2D eigenvalue weighted by molar-refractivity contribution is 0.481. The van der Waals surface area contributed by atoms with Gasteiger partial charge in [-0.3, -0.25) is 8.79 Å². The van der Waals surface area contributed by atoms with E-state index >= 15 is 0 Å². The van der Waals surface area contributed by atoms with E-state index < -0.39 is 0 Å². The highest BCUT2D eigenvalue weighted by atomic mass is 19.1. The molecule has 120 valence electrons. The van der Waals surface area contributed by atoms with Crippen molar-refractivity contribution in [3.63, 3.8) is 0 Å². The van der Waals surface area contributed by atoms with Crippen molar-refractivity contribution in [1.29, 1.82) is 0 Å². The van der Waals surface area contributed by atoms with Gasteiger partial charge >= 0.3 is 0 Å². The standard InChI is InChI=1S/C19H17FN4/c20-11-3-12-21-15-8-6-14(7-9-15)17-10-13-22-19-23-16-4-1-2-5-18(16)24(17)19/h1-2,4-10,13,21H,3,11-12H2. The third kappa shape index (κ3) is 2.58. The number of halogens is 1. The molecule has 4 aromatic rings. The van der Waals surface area contributed by atoms with Gasteiger partial charge in [-0.2, -0.15) is 0 Å². The zero-order valence-electron chi connectivity index (χ0n) is 13.1. The fraction of sp³-hybridized carbons (Fsp3) is 0.158. The second-order valence-electron chi connectivity index (χ2n) is 5.61. The monoisotopic (exact) mass is 320 g/mol. The van der Waals surface area contributed by atoms with Gasteiger partial charge in [0.15, 0.2) is 0 Å². The van der Waals surface area contributed by atoms with Gasteiger partial charge in [-0.25, -0.2) is 9.97 Å². The maximum Gasteiger partial charge on any atom is 0.235 e. The Morgan fingerprint density at radius 1 is 1.00 bits per heavy atom. The number of fused-ring (bicyclic) bond motifs is 3. The summed E-state index contributed by atoms with van der Waals surface area (Å²) < 4.78 is 14.2. The zero-order chi connectivity index (χ0) is 16.4. The topological polar surface area (TPSA) is 42.2 Å². The van der Waals surface area contributed by atoms with Crippen LogP contribution in [0.1, 0.15) is 6.42 Å². The van der Waals surface area contributed by atoms with Crippen molar-refractivity contribution in [2.45, 2.75) is 6.42 Å². The molecule has 0 unspecified atom stereocenters. The first-order valence-corrected chi connectivity index (χ1v) is 7.99. The van der Waals surface area contributed by atoms with Crippen molar-refractivity contribution < 1.29 is 4.39 Å². The molecule has 2 aromatic carbocycles. The maximum atomic E-state index is 12.2. The fourth-order valence-electron chi connectivity index (χ4n) is 2.87. The minimum absolute atomic E-state index is 0.298. The molecule has 0 aliphatic rings. The molecule has 0 saturated carbocycles. The van der Waals surface area contributed by atoms with Crippen molar-refractivity contribution in [2.75, 3.05) is 18.5 Å². The molecule has 0 fully saturated rings. The van der Waals surface area contributed by atoms with E-state index in [1.165, 1.54) is 0 Å². The second-order valence-corrected chi connectivity index (χ2v) is 5.61. The zero-order valence-corrected chi connectivity index (χ0v) is 13.1. The Hall–Kier alpha value is -2.95. The van der Waals surface area contributed by atoms with E-state index in [0.29, 0.717) is 18.7 Å². The van der Waals surface area contributed by atoms with Gasteiger partial charge in [0.1, 0.15) is 0 Å². The minimum Gasteiger partial charge on any atom is -0.385 e. The van der Waals surface area contributed by atoms with Gasteiger partial charge in [-0.15, -0.1) is 0 Å². The summed E-state index contributed by atoms with van der Waals surface area (Å²) in [5.74, 6) is 0.693. The van der Waals surface area contributed by atoms with Crippen LogP contribution in [0, 0.1) is 0 Å². The summed E-state index contributed by atoms with van der Waals surface area (Å²) in [5.41, 5.74) is 5.10. The largest absolute Gasteiger partial charge is 0.385 e. The molecule has 0 amide bonds. The molecular formula is C19H17FN4. The van der Waals surface area contributed by atoms with E-state index in [2.05, 4.69) is 31.8 Å². The highest BCUT2D eigenvalue weighted by molar-refractivity contribution is 5.82. The summed E-state index contributed by atoms with van der Waals surface area (Å²) in [6.45, 7) is 0.343. The first kappa shape index (κ1) is 14.6. The third-order valence-electron chi connectivity index (χ3n) is 4.03. The molecule has 0 radical (unpaired) electrons. The Morgan fingerprint density at radius 3 is 2.67 bits per heavy atom. The van der Waals surface area contributed by atoms with Crippen LogP contribution in [0.2, 0.25) is 0 Å². The van der Waals surface area contributed by atoms with Gasteiger partial charge in [0, 0.05) is 18.4 Å². The number of alkyl halides is 1. The van der Waals surface area contributed by atoms with Gasteiger partial charge in [0.25, 0.3) is 0 Å². The lowest BCUT2D eigenvalue weighted by Gasteiger charge is -2.09. The van der Waals surface area contributed by atoms with Gasteiger partial charge in [-0.1, -0.05) is 24.3 Å². The van der Waals surface area contributed by atoms with Crippen molar-refractivity contribution in [3.8, 4) is 11.3 Å². The van der Waals surface area contributed by atoms with Gasteiger partial charge in [-0.05, 0) is 42.3 Å². The van der Waals surface area contributed by atoms with Crippen molar-refractivity contribution in [3.05, 3.63) is 60.8 Å². The molecule has 0 bridgehead atoms. The Bertz CT molecular complexity index is 976. The van der Waals surface area contributed by atoms with Crippen LogP contribution in [0.15, 0.2) is 60.8 Å². The van der Waals surface area contributed by atoms with Crippen molar-refractivity contribution in [1.82, 2.24) is 14.4 Å². The minimum atomic E-state index is -0.298. The summed E-state index contributed by atoms with van der Waals surface area (Å²) in [6, 6.07) is 18.2. The molecule has 0 saturated heterocycles. The number of rotatable bonds is 5. The van der Waals surface area contributed by atoms with Crippen LogP contribution < -0.4 is 5.32 Å². The van der Waals surface area contributed by atoms with E-state index in [0.717, 1.165) is 28.0 Å². The highest BCUT2D eigenvalue weighted by Gasteiger charge is 2.10. The molecule has 0 spiro atoms. The number of imidazole rings is 1. The summed E-state index contributed by atoms with van der Waals surface area (Å²) in [6.07, 6.45) is 2.30. The van der Waals surface area contributed by atoms with E-state index in [1.807, 2.05) is 42.5 Å². The molecule has 4 rings (SSSR count). The average Bonchev–Trinajstić information content (AvgIpc) is 3.01. The van der Waals surface area contributed by atoms with Crippen molar-refractivity contribution in [2.24, 2.45) is 0 Å². The lowest BCUT2D eigenvalue weighted by Crippen LogP contribution is -2.02. The van der Waals surface area contributed by atoms with Gasteiger partial charge < -0.3 is 5.32 Å². The number of hydrogen-bond acceptors (Lipinski definition) is 3. The van der Waals surface area contributed by atoms with Crippen LogP contribution in [-0.2, 0) is 0 Å².